The Bertz CT molecular complexity index is 260. The van der Waals surface area contributed by atoms with Gasteiger partial charge in [0.25, 0.3) is 0 Å². The molecule has 1 saturated heterocycles. The molecule has 0 spiro atoms. The first-order valence-corrected chi connectivity index (χ1v) is 5.76. The predicted molar refractivity (Wildman–Crippen MR) is 56.9 cm³/mol. The summed E-state index contributed by atoms with van der Waals surface area (Å²) in [5.41, 5.74) is 1.35. The molecular weight excluding hydrogens is 180 g/mol. The second-order valence-corrected chi connectivity index (χ2v) is 4.76. The number of hydrogen-bond acceptors (Lipinski definition) is 2. The van der Waals surface area contributed by atoms with Crippen molar-refractivity contribution in [2.45, 2.75) is 24.2 Å². The van der Waals surface area contributed by atoms with Gasteiger partial charge in [-0.15, -0.1) is 0 Å². The number of aliphatic hydroxyl groups excluding tert-OH is 1. The second kappa shape index (κ2) is 4.16. The van der Waals surface area contributed by atoms with Crippen molar-refractivity contribution in [2.75, 3.05) is 5.75 Å². The van der Waals surface area contributed by atoms with E-state index < -0.39 is 0 Å². The summed E-state index contributed by atoms with van der Waals surface area (Å²) in [6.45, 7) is 0. The van der Waals surface area contributed by atoms with Crippen LogP contribution in [0.25, 0.3) is 0 Å². The van der Waals surface area contributed by atoms with Gasteiger partial charge in [-0.3, -0.25) is 0 Å². The molecule has 1 aromatic rings. The molecule has 2 unspecified atom stereocenters. The molecule has 13 heavy (non-hydrogen) atoms. The molecular formula is C11H14OS. The molecule has 0 aliphatic carbocycles. The highest BCUT2D eigenvalue weighted by Gasteiger charge is 2.21. The van der Waals surface area contributed by atoms with Crippen molar-refractivity contribution in [1.29, 1.82) is 0 Å². The number of aliphatic hydroxyl groups is 1. The van der Waals surface area contributed by atoms with E-state index in [2.05, 4.69) is 24.3 Å². The SMILES string of the molecule is OC1CCSC(c2ccccc2)C1. The Hall–Kier alpha value is -0.470. The molecule has 0 bridgehead atoms. The van der Waals surface area contributed by atoms with Gasteiger partial charge in [0, 0.05) is 5.25 Å². The molecule has 2 rings (SSSR count). The highest BCUT2D eigenvalue weighted by atomic mass is 32.2. The van der Waals surface area contributed by atoms with Crippen molar-refractivity contribution in [2.24, 2.45) is 0 Å². The number of hydrogen-bond donors (Lipinski definition) is 1. The monoisotopic (exact) mass is 194 g/mol. The summed E-state index contributed by atoms with van der Waals surface area (Å²) in [6.07, 6.45) is 1.77. The van der Waals surface area contributed by atoms with Crippen molar-refractivity contribution in [3.05, 3.63) is 35.9 Å². The lowest BCUT2D eigenvalue weighted by Gasteiger charge is -2.25. The lowest BCUT2D eigenvalue weighted by atomic mass is 10.0. The number of benzene rings is 1. The Morgan fingerprint density at radius 3 is 2.69 bits per heavy atom. The molecule has 1 aliphatic heterocycles. The standard InChI is InChI=1S/C11H14OS/c12-10-6-7-13-11(8-10)9-4-2-1-3-5-9/h1-5,10-12H,6-8H2. The average Bonchev–Trinajstić information content (AvgIpc) is 2.19. The van der Waals surface area contributed by atoms with Gasteiger partial charge in [0.2, 0.25) is 0 Å². The van der Waals surface area contributed by atoms with Crippen LogP contribution in [-0.4, -0.2) is 17.0 Å². The zero-order valence-electron chi connectivity index (χ0n) is 7.52. The van der Waals surface area contributed by atoms with Crippen molar-refractivity contribution >= 4 is 11.8 Å². The maximum atomic E-state index is 9.53. The van der Waals surface area contributed by atoms with E-state index in [0.717, 1.165) is 18.6 Å². The first-order chi connectivity index (χ1) is 6.36. The summed E-state index contributed by atoms with van der Waals surface area (Å²) in [5.74, 6) is 1.08. The summed E-state index contributed by atoms with van der Waals surface area (Å²) in [6, 6.07) is 10.5. The average molecular weight is 194 g/mol. The van der Waals surface area contributed by atoms with Gasteiger partial charge in [0.15, 0.2) is 0 Å². The van der Waals surface area contributed by atoms with Crippen LogP contribution in [0.2, 0.25) is 0 Å². The third-order valence-electron chi connectivity index (χ3n) is 2.43. The van der Waals surface area contributed by atoms with E-state index in [1.807, 2.05) is 17.8 Å². The lowest BCUT2D eigenvalue weighted by molar-refractivity contribution is 0.157. The molecule has 70 valence electrons. The highest BCUT2D eigenvalue weighted by molar-refractivity contribution is 7.99. The maximum absolute atomic E-state index is 9.53. The highest BCUT2D eigenvalue weighted by Crippen LogP contribution is 2.37. The van der Waals surface area contributed by atoms with Crippen LogP contribution in [0.1, 0.15) is 23.7 Å². The van der Waals surface area contributed by atoms with E-state index in [1.54, 1.807) is 0 Å². The lowest BCUT2D eigenvalue weighted by Crippen LogP contribution is -2.17. The Morgan fingerprint density at radius 2 is 2.00 bits per heavy atom. The maximum Gasteiger partial charge on any atom is 0.0562 e. The molecule has 0 saturated carbocycles. The summed E-state index contributed by atoms with van der Waals surface area (Å²) in [4.78, 5) is 0. The fourth-order valence-corrected chi connectivity index (χ4v) is 3.08. The number of rotatable bonds is 1. The first kappa shape index (κ1) is 9.10. The number of thioether (sulfide) groups is 1. The minimum absolute atomic E-state index is 0.0912. The van der Waals surface area contributed by atoms with E-state index in [1.165, 1.54) is 5.56 Å². The Kier molecular flexibility index (Phi) is 2.91. The molecule has 1 fully saturated rings. The fraction of sp³-hybridized carbons (Fsp3) is 0.455. The van der Waals surface area contributed by atoms with Crippen LogP contribution in [0.3, 0.4) is 0 Å². The van der Waals surface area contributed by atoms with Crippen LogP contribution in [-0.2, 0) is 0 Å². The van der Waals surface area contributed by atoms with Crippen LogP contribution in [0.15, 0.2) is 30.3 Å². The third kappa shape index (κ3) is 2.26. The van der Waals surface area contributed by atoms with Crippen molar-refractivity contribution in [3.63, 3.8) is 0 Å². The van der Waals surface area contributed by atoms with Gasteiger partial charge in [0.05, 0.1) is 6.10 Å². The first-order valence-electron chi connectivity index (χ1n) is 4.71. The van der Waals surface area contributed by atoms with Crippen LogP contribution < -0.4 is 0 Å². The van der Waals surface area contributed by atoms with E-state index in [-0.39, 0.29) is 6.10 Å². The van der Waals surface area contributed by atoms with E-state index in [9.17, 15) is 5.11 Å². The van der Waals surface area contributed by atoms with Gasteiger partial charge in [-0.1, -0.05) is 30.3 Å². The topological polar surface area (TPSA) is 20.2 Å². The normalized spacial score (nSPS) is 28.7. The van der Waals surface area contributed by atoms with Crippen molar-refractivity contribution < 1.29 is 5.11 Å². The van der Waals surface area contributed by atoms with Gasteiger partial charge in [0.1, 0.15) is 0 Å². The largest absolute Gasteiger partial charge is 0.393 e. The van der Waals surface area contributed by atoms with E-state index in [0.29, 0.717) is 5.25 Å². The minimum atomic E-state index is -0.0912. The minimum Gasteiger partial charge on any atom is -0.393 e. The van der Waals surface area contributed by atoms with Crippen LogP contribution in [0.5, 0.6) is 0 Å². The molecule has 0 radical (unpaired) electrons. The summed E-state index contributed by atoms with van der Waals surface area (Å²) in [5, 5.41) is 10.0. The molecule has 1 N–H and O–H groups in total. The molecule has 1 aliphatic rings. The van der Waals surface area contributed by atoms with Crippen LogP contribution >= 0.6 is 11.8 Å². The Labute approximate surface area is 83.2 Å². The molecule has 2 heteroatoms. The fourth-order valence-electron chi connectivity index (χ4n) is 1.68. The summed E-state index contributed by atoms with van der Waals surface area (Å²) >= 11 is 1.96. The zero-order chi connectivity index (χ0) is 9.10. The molecule has 1 aromatic carbocycles. The second-order valence-electron chi connectivity index (χ2n) is 3.45. The Balaban J connectivity index is 2.08. The summed E-state index contributed by atoms with van der Waals surface area (Å²) in [7, 11) is 0. The molecule has 0 amide bonds. The van der Waals surface area contributed by atoms with Crippen LogP contribution in [0.4, 0.5) is 0 Å². The van der Waals surface area contributed by atoms with Gasteiger partial charge >= 0.3 is 0 Å². The Morgan fingerprint density at radius 1 is 1.23 bits per heavy atom. The quantitative estimate of drug-likeness (QED) is 0.741. The van der Waals surface area contributed by atoms with Gasteiger partial charge in [-0.05, 0) is 24.2 Å². The summed E-state index contributed by atoms with van der Waals surface area (Å²) < 4.78 is 0. The van der Waals surface area contributed by atoms with E-state index >= 15 is 0 Å². The van der Waals surface area contributed by atoms with Crippen molar-refractivity contribution in [3.8, 4) is 0 Å². The van der Waals surface area contributed by atoms with Crippen molar-refractivity contribution in [1.82, 2.24) is 0 Å². The van der Waals surface area contributed by atoms with Crippen LogP contribution in [0, 0.1) is 0 Å². The van der Waals surface area contributed by atoms with Gasteiger partial charge < -0.3 is 5.11 Å². The molecule has 1 heterocycles. The third-order valence-corrected chi connectivity index (χ3v) is 3.77. The van der Waals surface area contributed by atoms with Gasteiger partial charge in [-0.25, -0.2) is 0 Å². The predicted octanol–water partition coefficient (Wildman–Crippen LogP) is 2.62. The molecule has 0 aromatic heterocycles. The smallest absolute Gasteiger partial charge is 0.0562 e. The zero-order valence-corrected chi connectivity index (χ0v) is 8.33. The van der Waals surface area contributed by atoms with E-state index in [4.69, 9.17) is 0 Å². The van der Waals surface area contributed by atoms with Gasteiger partial charge in [-0.2, -0.15) is 11.8 Å². The molecule has 1 nitrogen and oxygen atoms in total. The molecule has 2 atom stereocenters.